The van der Waals surface area contributed by atoms with Crippen molar-refractivity contribution in [2.45, 2.75) is 0 Å². The summed E-state index contributed by atoms with van der Waals surface area (Å²) in [4.78, 5) is 0. The summed E-state index contributed by atoms with van der Waals surface area (Å²) in [5.41, 5.74) is 1.96. The molecule has 2 aromatic rings. The molecular weight excluding hydrogens is 324 g/mol. The molecule has 0 radical (unpaired) electrons. The molecule has 2 N–H and O–H groups in total. The molecular formula is C14H12N2S4. The van der Waals surface area contributed by atoms with Gasteiger partial charge in [0, 0.05) is 11.4 Å². The molecule has 20 heavy (non-hydrogen) atoms. The summed E-state index contributed by atoms with van der Waals surface area (Å²) in [7, 11) is 2.86. The van der Waals surface area contributed by atoms with Crippen LogP contribution in [0.1, 0.15) is 0 Å². The minimum absolute atomic E-state index is 0.679. The Kier molecular flexibility index (Phi) is 6.32. The van der Waals surface area contributed by atoms with Crippen molar-refractivity contribution < 1.29 is 0 Å². The Labute approximate surface area is 137 Å². The lowest BCUT2D eigenvalue weighted by Gasteiger charge is -2.08. The van der Waals surface area contributed by atoms with Crippen LogP contribution >= 0.6 is 46.0 Å². The molecule has 102 valence electrons. The number of nitrogens with one attached hydrogen (secondary N) is 2. The van der Waals surface area contributed by atoms with Crippen LogP contribution in [0.3, 0.4) is 0 Å². The van der Waals surface area contributed by atoms with E-state index >= 15 is 0 Å². The van der Waals surface area contributed by atoms with Crippen molar-refractivity contribution >= 4 is 66.0 Å². The number of para-hydroxylation sites is 2. The van der Waals surface area contributed by atoms with Crippen molar-refractivity contribution in [1.29, 1.82) is 0 Å². The van der Waals surface area contributed by atoms with Crippen LogP contribution in [0, 0.1) is 0 Å². The second-order valence-electron chi connectivity index (χ2n) is 3.72. The van der Waals surface area contributed by atoms with Gasteiger partial charge in [-0.1, -0.05) is 60.8 Å². The van der Waals surface area contributed by atoms with Crippen molar-refractivity contribution in [1.82, 2.24) is 0 Å². The van der Waals surface area contributed by atoms with Gasteiger partial charge >= 0.3 is 0 Å². The molecule has 0 fully saturated rings. The lowest BCUT2D eigenvalue weighted by Crippen LogP contribution is -2.06. The van der Waals surface area contributed by atoms with E-state index in [0.717, 1.165) is 11.4 Å². The minimum Gasteiger partial charge on any atom is -0.340 e. The smallest absolute Gasteiger partial charge is 0.149 e. The van der Waals surface area contributed by atoms with Crippen LogP contribution in [0.4, 0.5) is 11.4 Å². The molecule has 0 bridgehead atoms. The highest BCUT2D eigenvalue weighted by Gasteiger charge is 2.03. The van der Waals surface area contributed by atoms with Crippen LogP contribution in [0.5, 0.6) is 0 Å². The standard InChI is InChI=1S/C14H12N2S4/c17-13(15-11-7-3-1-4-8-11)19-20-14(18)16-12-9-5-2-6-10-12/h1-10H,(H,15,17)(H,16,18). The van der Waals surface area contributed by atoms with Crippen LogP contribution in [-0.4, -0.2) is 8.64 Å². The fraction of sp³-hybridized carbons (Fsp3) is 0. The van der Waals surface area contributed by atoms with Crippen molar-refractivity contribution in [2.75, 3.05) is 10.6 Å². The zero-order valence-corrected chi connectivity index (χ0v) is 13.7. The van der Waals surface area contributed by atoms with Crippen molar-refractivity contribution in [3.63, 3.8) is 0 Å². The molecule has 2 nitrogen and oxygen atoms in total. The van der Waals surface area contributed by atoms with Gasteiger partial charge in [0.05, 0.1) is 0 Å². The molecule has 6 heteroatoms. The highest BCUT2D eigenvalue weighted by atomic mass is 33.1. The van der Waals surface area contributed by atoms with Crippen LogP contribution in [0.2, 0.25) is 0 Å². The normalized spacial score (nSPS) is 9.80. The Morgan fingerprint density at radius 2 is 1.00 bits per heavy atom. The summed E-state index contributed by atoms with van der Waals surface area (Å²) in [6.07, 6.45) is 0. The fourth-order valence-corrected chi connectivity index (χ4v) is 3.42. The summed E-state index contributed by atoms with van der Waals surface area (Å²) in [5.74, 6) is 0. The van der Waals surface area contributed by atoms with Gasteiger partial charge in [0.2, 0.25) is 0 Å². The molecule has 2 aromatic carbocycles. The summed E-state index contributed by atoms with van der Waals surface area (Å²) in [6.45, 7) is 0. The maximum Gasteiger partial charge on any atom is 0.149 e. The van der Waals surface area contributed by atoms with Gasteiger partial charge in [0.1, 0.15) is 8.64 Å². The van der Waals surface area contributed by atoms with Crippen LogP contribution < -0.4 is 10.6 Å². The Bertz CT molecular complexity index is 519. The maximum atomic E-state index is 5.26. The zero-order chi connectivity index (χ0) is 14.2. The number of thiocarbonyl (C=S) groups is 2. The largest absolute Gasteiger partial charge is 0.340 e. The summed E-state index contributed by atoms with van der Waals surface area (Å²) in [6, 6.07) is 19.7. The third-order valence-corrected chi connectivity index (χ3v) is 5.41. The van der Waals surface area contributed by atoms with E-state index in [4.69, 9.17) is 24.4 Å². The highest BCUT2D eigenvalue weighted by molar-refractivity contribution is 8.89. The van der Waals surface area contributed by atoms with Gasteiger partial charge < -0.3 is 10.6 Å². The topological polar surface area (TPSA) is 24.1 Å². The molecule has 0 aliphatic rings. The van der Waals surface area contributed by atoms with Crippen molar-refractivity contribution in [3.8, 4) is 0 Å². The quantitative estimate of drug-likeness (QED) is 0.580. The fourth-order valence-electron chi connectivity index (χ4n) is 1.40. The maximum absolute atomic E-state index is 5.26. The average Bonchev–Trinajstić information content (AvgIpc) is 2.47. The molecule has 0 amide bonds. The van der Waals surface area contributed by atoms with Gasteiger partial charge in [-0.15, -0.1) is 0 Å². The number of hydrogen-bond donors (Lipinski definition) is 2. The molecule has 0 saturated heterocycles. The van der Waals surface area contributed by atoms with E-state index in [0.29, 0.717) is 8.64 Å². The Hall–Kier alpha value is -1.08. The summed E-state index contributed by atoms with van der Waals surface area (Å²) < 4.78 is 1.36. The second kappa shape index (κ2) is 8.26. The Morgan fingerprint density at radius 3 is 1.35 bits per heavy atom. The Morgan fingerprint density at radius 1 is 0.650 bits per heavy atom. The van der Waals surface area contributed by atoms with E-state index in [-0.39, 0.29) is 0 Å². The van der Waals surface area contributed by atoms with E-state index in [2.05, 4.69) is 10.6 Å². The third kappa shape index (κ3) is 5.50. The van der Waals surface area contributed by atoms with Crippen molar-refractivity contribution in [3.05, 3.63) is 60.7 Å². The first-order valence-corrected chi connectivity index (χ1v) is 8.77. The minimum atomic E-state index is 0.679. The van der Waals surface area contributed by atoms with E-state index in [9.17, 15) is 0 Å². The van der Waals surface area contributed by atoms with Gasteiger partial charge in [-0.2, -0.15) is 0 Å². The first-order valence-electron chi connectivity index (χ1n) is 5.80. The van der Waals surface area contributed by atoms with Crippen molar-refractivity contribution in [2.24, 2.45) is 0 Å². The molecule has 0 aromatic heterocycles. The van der Waals surface area contributed by atoms with Gasteiger partial charge in [0.15, 0.2) is 0 Å². The molecule has 0 saturated carbocycles. The number of anilines is 2. The highest BCUT2D eigenvalue weighted by Crippen LogP contribution is 2.26. The lowest BCUT2D eigenvalue weighted by molar-refractivity contribution is 1.66. The Balaban J connectivity index is 1.75. The second-order valence-corrected chi connectivity index (χ2v) is 7.21. The van der Waals surface area contributed by atoms with E-state index in [1.54, 1.807) is 0 Å². The number of rotatable bonds is 2. The predicted molar refractivity (Wildman–Crippen MR) is 101 cm³/mol. The van der Waals surface area contributed by atoms with Crippen LogP contribution in [0.25, 0.3) is 0 Å². The van der Waals surface area contributed by atoms with E-state index in [1.165, 1.54) is 21.6 Å². The third-order valence-electron chi connectivity index (χ3n) is 2.23. The molecule has 2 rings (SSSR count). The first-order chi connectivity index (χ1) is 9.74. The monoisotopic (exact) mass is 336 g/mol. The summed E-state index contributed by atoms with van der Waals surface area (Å²) in [5, 5.41) is 6.29. The zero-order valence-electron chi connectivity index (χ0n) is 10.4. The first kappa shape index (κ1) is 15.3. The SMILES string of the molecule is S=C(Nc1ccccc1)SSC(=S)Nc1ccccc1. The molecule has 0 aliphatic carbocycles. The van der Waals surface area contributed by atoms with Gasteiger partial charge in [0.25, 0.3) is 0 Å². The van der Waals surface area contributed by atoms with Gasteiger partial charge in [-0.05, 0) is 45.9 Å². The summed E-state index contributed by atoms with van der Waals surface area (Å²) >= 11 is 10.5. The van der Waals surface area contributed by atoms with E-state index in [1.807, 2.05) is 60.7 Å². The molecule has 0 spiro atoms. The lowest BCUT2D eigenvalue weighted by atomic mass is 10.3. The van der Waals surface area contributed by atoms with Crippen LogP contribution in [-0.2, 0) is 0 Å². The van der Waals surface area contributed by atoms with Gasteiger partial charge in [-0.3, -0.25) is 0 Å². The molecule has 0 unspecified atom stereocenters. The molecule has 0 atom stereocenters. The number of benzene rings is 2. The number of hydrogen-bond acceptors (Lipinski definition) is 4. The molecule has 0 heterocycles. The average molecular weight is 337 g/mol. The van der Waals surface area contributed by atoms with E-state index < -0.39 is 0 Å². The molecule has 0 aliphatic heterocycles. The van der Waals surface area contributed by atoms with Crippen LogP contribution in [0.15, 0.2) is 60.7 Å². The predicted octanol–water partition coefficient (Wildman–Crippen LogP) is 5.16. The van der Waals surface area contributed by atoms with Gasteiger partial charge in [-0.25, -0.2) is 0 Å².